The van der Waals surface area contributed by atoms with E-state index in [1.807, 2.05) is 7.05 Å². The second kappa shape index (κ2) is 5.31. The molecule has 1 saturated carbocycles. The number of nitrogens with zero attached hydrogens (tertiary/aromatic N) is 4. The highest BCUT2D eigenvalue weighted by molar-refractivity contribution is 5.80. The number of hydrogen-bond acceptors (Lipinski definition) is 5. The predicted molar refractivity (Wildman–Crippen MR) is 76.8 cm³/mol. The molecule has 1 amide bonds. The van der Waals surface area contributed by atoms with Crippen LogP contribution in [0.4, 0.5) is 0 Å². The third-order valence-corrected chi connectivity index (χ3v) is 5.06. The van der Waals surface area contributed by atoms with E-state index in [0.29, 0.717) is 19.8 Å². The van der Waals surface area contributed by atoms with Gasteiger partial charge in [-0.25, -0.2) is 0 Å². The molecule has 0 radical (unpaired) electrons. The number of amides is 1. The van der Waals surface area contributed by atoms with Gasteiger partial charge in [-0.2, -0.15) is 0 Å². The molecule has 1 saturated heterocycles. The van der Waals surface area contributed by atoms with Crippen molar-refractivity contribution in [1.82, 2.24) is 19.7 Å². The zero-order valence-corrected chi connectivity index (χ0v) is 13.0. The van der Waals surface area contributed by atoms with Crippen LogP contribution in [0.3, 0.4) is 0 Å². The number of carbonyl (C=O) groups excluding carboxylic acids is 1. The molecule has 7 nitrogen and oxygen atoms in total. The van der Waals surface area contributed by atoms with E-state index < -0.39 is 5.79 Å². The van der Waals surface area contributed by atoms with E-state index in [1.54, 1.807) is 4.90 Å². The minimum atomic E-state index is -0.669. The molecule has 7 heteroatoms. The summed E-state index contributed by atoms with van der Waals surface area (Å²) in [6.07, 6.45) is 4.73. The minimum Gasteiger partial charge on any atom is -0.347 e. The van der Waals surface area contributed by atoms with Crippen molar-refractivity contribution in [1.29, 1.82) is 0 Å². The highest BCUT2D eigenvalue weighted by Gasteiger charge is 2.52. The first-order valence-corrected chi connectivity index (χ1v) is 8.13. The third-order valence-electron chi connectivity index (χ3n) is 5.06. The van der Waals surface area contributed by atoms with Gasteiger partial charge < -0.3 is 18.9 Å². The number of hydrogen-bond donors (Lipinski definition) is 0. The second-order valence-electron chi connectivity index (χ2n) is 6.44. The van der Waals surface area contributed by atoms with Crippen LogP contribution in [0.5, 0.6) is 0 Å². The molecule has 0 bridgehead atoms. The quantitative estimate of drug-likeness (QED) is 0.823. The van der Waals surface area contributed by atoms with Gasteiger partial charge in [0, 0.05) is 26.4 Å². The largest absolute Gasteiger partial charge is 0.347 e. The van der Waals surface area contributed by atoms with Crippen LogP contribution in [0, 0.1) is 5.92 Å². The Balaban J connectivity index is 1.48. The molecular formula is C15H22N4O3. The first-order chi connectivity index (χ1) is 10.7. The lowest BCUT2D eigenvalue weighted by Crippen LogP contribution is -2.45. The Bertz CT molecular complexity index is 574. The monoisotopic (exact) mass is 306 g/mol. The number of ether oxygens (including phenoxy) is 2. The Morgan fingerprint density at radius 1 is 1.36 bits per heavy atom. The molecule has 3 aliphatic rings. The number of fused-ring (bicyclic) bond motifs is 1. The Kier molecular flexibility index (Phi) is 3.41. The lowest BCUT2D eigenvalue weighted by Gasteiger charge is -2.31. The van der Waals surface area contributed by atoms with E-state index in [1.165, 1.54) is 0 Å². The van der Waals surface area contributed by atoms with Crippen molar-refractivity contribution < 1.29 is 14.3 Å². The van der Waals surface area contributed by atoms with Crippen molar-refractivity contribution in [3.63, 3.8) is 0 Å². The van der Waals surface area contributed by atoms with Gasteiger partial charge in [-0.05, 0) is 19.3 Å². The molecule has 3 heterocycles. The van der Waals surface area contributed by atoms with Gasteiger partial charge >= 0.3 is 0 Å². The number of carbonyl (C=O) groups is 1. The first kappa shape index (κ1) is 14.1. The second-order valence-corrected chi connectivity index (χ2v) is 6.44. The molecule has 0 aromatic carbocycles. The fourth-order valence-corrected chi connectivity index (χ4v) is 3.96. The SMILES string of the molecule is CN(Cc1nnc2n1CCC2)C(=O)C1CCCC12OCCO2. The molecule has 22 heavy (non-hydrogen) atoms. The Labute approximate surface area is 129 Å². The fraction of sp³-hybridized carbons (Fsp3) is 0.800. The van der Waals surface area contributed by atoms with E-state index in [0.717, 1.165) is 50.3 Å². The summed E-state index contributed by atoms with van der Waals surface area (Å²) in [5.41, 5.74) is 0. The smallest absolute Gasteiger partial charge is 0.231 e. The zero-order chi connectivity index (χ0) is 15.2. The van der Waals surface area contributed by atoms with E-state index in [-0.39, 0.29) is 11.8 Å². The van der Waals surface area contributed by atoms with Crippen molar-refractivity contribution in [3.05, 3.63) is 11.6 Å². The van der Waals surface area contributed by atoms with E-state index >= 15 is 0 Å². The topological polar surface area (TPSA) is 69.5 Å². The van der Waals surface area contributed by atoms with Crippen LogP contribution in [-0.4, -0.2) is 51.6 Å². The van der Waals surface area contributed by atoms with Gasteiger partial charge in [0.15, 0.2) is 11.6 Å². The maximum atomic E-state index is 12.8. The van der Waals surface area contributed by atoms with Crippen molar-refractivity contribution in [2.24, 2.45) is 5.92 Å². The molecule has 1 aromatic heterocycles. The van der Waals surface area contributed by atoms with Gasteiger partial charge in [-0.15, -0.1) is 10.2 Å². The fourth-order valence-electron chi connectivity index (χ4n) is 3.96. The maximum absolute atomic E-state index is 12.8. The Hall–Kier alpha value is -1.47. The van der Waals surface area contributed by atoms with Gasteiger partial charge in [0.1, 0.15) is 5.82 Å². The molecular weight excluding hydrogens is 284 g/mol. The van der Waals surface area contributed by atoms with Gasteiger partial charge in [0.05, 0.1) is 25.7 Å². The van der Waals surface area contributed by atoms with Crippen molar-refractivity contribution >= 4 is 5.91 Å². The van der Waals surface area contributed by atoms with Gasteiger partial charge in [0.2, 0.25) is 5.91 Å². The summed E-state index contributed by atoms with van der Waals surface area (Å²) in [4.78, 5) is 14.6. The average Bonchev–Trinajstić information content (AvgIpc) is 3.27. The molecule has 4 rings (SSSR count). The molecule has 0 N–H and O–H groups in total. The van der Waals surface area contributed by atoms with Crippen molar-refractivity contribution in [3.8, 4) is 0 Å². The lowest BCUT2D eigenvalue weighted by atomic mass is 10.0. The number of aryl methyl sites for hydroxylation is 1. The number of aromatic nitrogens is 3. The van der Waals surface area contributed by atoms with E-state index in [4.69, 9.17) is 9.47 Å². The van der Waals surface area contributed by atoms with Gasteiger partial charge in [-0.3, -0.25) is 4.79 Å². The average molecular weight is 306 g/mol. The lowest BCUT2D eigenvalue weighted by molar-refractivity contribution is -0.191. The summed E-state index contributed by atoms with van der Waals surface area (Å²) >= 11 is 0. The third kappa shape index (κ3) is 2.14. The Morgan fingerprint density at radius 2 is 2.18 bits per heavy atom. The predicted octanol–water partition coefficient (Wildman–Crippen LogP) is 0.726. The molecule has 1 aromatic rings. The van der Waals surface area contributed by atoms with Crippen LogP contribution in [0.2, 0.25) is 0 Å². The highest BCUT2D eigenvalue weighted by atomic mass is 16.7. The Morgan fingerprint density at radius 3 is 3.00 bits per heavy atom. The summed E-state index contributed by atoms with van der Waals surface area (Å²) < 4.78 is 13.7. The molecule has 120 valence electrons. The number of rotatable bonds is 3. The first-order valence-electron chi connectivity index (χ1n) is 8.13. The van der Waals surface area contributed by atoms with Gasteiger partial charge in [-0.1, -0.05) is 0 Å². The minimum absolute atomic E-state index is 0.0924. The summed E-state index contributed by atoms with van der Waals surface area (Å²) in [5, 5.41) is 8.44. The molecule has 2 aliphatic heterocycles. The zero-order valence-electron chi connectivity index (χ0n) is 13.0. The summed E-state index contributed by atoms with van der Waals surface area (Å²) in [6, 6.07) is 0. The highest BCUT2D eigenvalue weighted by Crippen LogP contribution is 2.43. The summed E-state index contributed by atoms with van der Waals surface area (Å²) in [5.74, 6) is 1.15. The van der Waals surface area contributed by atoms with E-state index in [9.17, 15) is 4.79 Å². The molecule has 2 fully saturated rings. The van der Waals surface area contributed by atoms with Crippen LogP contribution in [0.25, 0.3) is 0 Å². The molecule has 1 spiro atoms. The van der Waals surface area contributed by atoms with Crippen LogP contribution in [0.1, 0.15) is 37.3 Å². The van der Waals surface area contributed by atoms with Gasteiger partial charge in [0.25, 0.3) is 0 Å². The maximum Gasteiger partial charge on any atom is 0.231 e. The van der Waals surface area contributed by atoms with Crippen LogP contribution in [0.15, 0.2) is 0 Å². The van der Waals surface area contributed by atoms with Crippen LogP contribution in [-0.2, 0) is 33.8 Å². The van der Waals surface area contributed by atoms with Crippen molar-refractivity contribution in [2.45, 2.75) is 51.0 Å². The normalized spacial score (nSPS) is 25.8. The molecule has 1 atom stereocenters. The molecule has 1 unspecified atom stereocenters. The standard InChI is InChI=1S/C15H22N4O3/c1-18(10-13-17-16-12-5-3-7-19(12)13)14(20)11-4-2-6-15(11)21-8-9-22-15/h11H,2-10H2,1H3. The van der Waals surface area contributed by atoms with E-state index in [2.05, 4.69) is 14.8 Å². The molecule has 1 aliphatic carbocycles. The summed E-state index contributed by atoms with van der Waals surface area (Å²) in [6.45, 7) is 2.63. The van der Waals surface area contributed by atoms with Crippen LogP contribution < -0.4 is 0 Å². The van der Waals surface area contributed by atoms with Crippen LogP contribution >= 0.6 is 0 Å². The van der Waals surface area contributed by atoms with Crippen molar-refractivity contribution in [2.75, 3.05) is 20.3 Å². The summed E-state index contributed by atoms with van der Waals surface area (Å²) in [7, 11) is 1.83.